The Morgan fingerprint density at radius 3 is 0.778 bits per heavy atom. The van der Waals surface area contributed by atoms with Crippen LogP contribution in [0.3, 0.4) is 0 Å². The largest absolute Gasteiger partial charge is 0.302 e. The summed E-state index contributed by atoms with van der Waals surface area (Å²) in [6, 6.07) is 0. The molecule has 4 aliphatic carbocycles. The van der Waals surface area contributed by atoms with E-state index < -0.39 is 36.5 Å². The highest BCUT2D eigenvalue weighted by molar-refractivity contribution is 7.80. The summed E-state index contributed by atoms with van der Waals surface area (Å²) in [5.41, 5.74) is 0. The third-order valence-electron chi connectivity index (χ3n) is 10.4. The molecule has 0 bridgehead atoms. The van der Waals surface area contributed by atoms with E-state index in [0.29, 0.717) is 0 Å². The Labute approximate surface area is 221 Å². The molecule has 0 aromatic rings. The molecule has 0 aliphatic heterocycles. The first-order valence-corrected chi connectivity index (χ1v) is 17.7. The molecule has 6 heteroatoms. The van der Waals surface area contributed by atoms with Crippen molar-refractivity contribution in [1.82, 2.24) is 0 Å². The smallest absolute Gasteiger partial charge is 0.130 e. The quantitative estimate of drug-likeness (QED) is 0.211. The van der Waals surface area contributed by atoms with Gasteiger partial charge in [-0.05, 0) is 51.4 Å². The summed E-state index contributed by atoms with van der Waals surface area (Å²) in [7, 11) is -2.03. The highest BCUT2D eigenvalue weighted by Gasteiger charge is 2.61. The molecule has 4 saturated carbocycles. The van der Waals surface area contributed by atoms with E-state index in [1.807, 2.05) is 0 Å². The third kappa shape index (κ3) is 5.09. The van der Waals surface area contributed by atoms with Crippen molar-refractivity contribution in [1.29, 1.82) is 0 Å². The van der Waals surface area contributed by atoms with Gasteiger partial charge in [-0.15, -0.1) is 0 Å². The lowest BCUT2D eigenvalue weighted by atomic mass is 9.88. The topological polar surface area (TPSA) is 68.3 Å². The molecule has 0 spiro atoms. The van der Waals surface area contributed by atoms with E-state index in [9.17, 15) is 19.2 Å². The van der Waals surface area contributed by atoms with E-state index in [1.54, 1.807) is 0 Å². The highest BCUT2D eigenvalue weighted by atomic mass is 31.2. The Bertz CT molecular complexity index is 648. The standard InChI is InChI=1S/C30H48O4P2/c1-26(35(27(22-31)14-6-2-7-15-27)28(23-32)16-8-3-9-17-28)36(29(24-33)18-10-4-11-19-29)30(25-34)20-12-5-13-21-30/h22-26H,2-21H2,1H3. The van der Waals surface area contributed by atoms with Crippen molar-refractivity contribution in [2.75, 3.05) is 0 Å². The maximum Gasteiger partial charge on any atom is 0.130 e. The fourth-order valence-corrected chi connectivity index (χ4v) is 20.9. The van der Waals surface area contributed by atoms with Gasteiger partial charge in [0.25, 0.3) is 0 Å². The number of hydrogen-bond donors (Lipinski definition) is 0. The van der Waals surface area contributed by atoms with Gasteiger partial charge in [-0.3, -0.25) is 0 Å². The van der Waals surface area contributed by atoms with Crippen LogP contribution in [0.25, 0.3) is 0 Å². The number of hydrogen-bond acceptors (Lipinski definition) is 4. The van der Waals surface area contributed by atoms with E-state index in [1.165, 1.54) is 25.1 Å². The Morgan fingerprint density at radius 2 is 0.611 bits per heavy atom. The Kier molecular flexibility index (Phi) is 9.64. The van der Waals surface area contributed by atoms with E-state index >= 15 is 0 Å². The summed E-state index contributed by atoms with van der Waals surface area (Å²) in [6.07, 6.45) is 25.2. The third-order valence-corrected chi connectivity index (χ3v) is 19.4. The van der Waals surface area contributed by atoms with Crippen LogP contribution < -0.4 is 0 Å². The maximum atomic E-state index is 13.2. The SMILES string of the molecule is CC(P(C1(C=O)CCCCC1)C1(C=O)CCCCC1)P(C1(C=O)CCCCC1)C1(C=O)CCCCC1. The molecule has 202 valence electrons. The zero-order valence-corrected chi connectivity index (χ0v) is 24.3. The molecular formula is C30H48O4P2. The molecule has 0 aromatic heterocycles. The van der Waals surface area contributed by atoms with E-state index in [-0.39, 0.29) is 5.40 Å². The van der Waals surface area contributed by atoms with E-state index in [4.69, 9.17) is 0 Å². The van der Waals surface area contributed by atoms with Crippen molar-refractivity contribution in [2.24, 2.45) is 0 Å². The molecule has 0 saturated heterocycles. The van der Waals surface area contributed by atoms with Crippen LogP contribution in [-0.2, 0) is 19.2 Å². The van der Waals surface area contributed by atoms with Gasteiger partial charge >= 0.3 is 0 Å². The van der Waals surface area contributed by atoms with Crippen molar-refractivity contribution < 1.29 is 19.2 Å². The van der Waals surface area contributed by atoms with Crippen LogP contribution in [0.5, 0.6) is 0 Å². The number of aldehydes is 4. The second-order valence-electron chi connectivity index (χ2n) is 12.5. The van der Waals surface area contributed by atoms with Crippen molar-refractivity contribution >= 4 is 41.0 Å². The number of carbonyl (C=O) groups excluding carboxylic acids is 4. The van der Waals surface area contributed by atoms with Gasteiger partial charge in [-0.2, -0.15) is 0 Å². The minimum Gasteiger partial charge on any atom is -0.302 e. The highest BCUT2D eigenvalue weighted by Crippen LogP contribution is 2.81. The average molecular weight is 535 g/mol. The molecule has 36 heavy (non-hydrogen) atoms. The summed E-state index contributed by atoms with van der Waals surface area (Å²) in [4.78, 5) is 52.7. The van der Waals surface area contributed by atoms with Gasteiger partial charge < -0.3 is 19.2 Å². The van der Waals surface area contributed by atoms with Crippen LogP contribution in [-0.4, -0.2) is 51.2 Å². The summed E-state index contributed by atoms with van der Waals surface area (Å²) >= 11 is 0. The fourth-order valence-electron chi connectivity index (χ4n) is 8.81. The molecule has 0 unspecified atom stereocenters. The first-order chi connectivity index (χ1) is 17.5. The Morgan fingerprint density at radius 1 is 0.417 bits per heavy atom. The van der Waals surface area contributed by atoms with Gasteiger partial charge in [0.15, 0.2) is 0 Å². The van der Waals surface area contributed by atoms with E-state index in [0.717, 1.165) is 128 Å². The lowest BCUT2D eigenvalue weighted by molar-refractivity contribution is -0.112. The average Bonchev–Trinajstić information content (AvgIpc) is 2.95. The second kappa shape index (κ2) is 12.2. The molecule has 4 rings (SSSR count). The lowest BCUT2D eigenvalue weighted by Crippen LogP contribution is -2.50. The molecule has 0 amide bonds. The number of rotatable bonds is 10. The summed E-state index contributed by atoms with van der Waals surface area (Å²) in [5, 5.41) is -1.66. The second-order valence-corrected chi connectivity index (χ2v) is 19.5. The minimum absolute atomic E-state index is 0.105. The van der Waals surface area contributed by atoms with Crippen LogP contribution in [0.1, 0.15) is 135 Å². The van der Waals surface area contributed by atoms with Crippen LogP contribution in [0.2, 0.25) is 0 Å². The van der Waals surface area contributed by atoms with E-state index in [2.05, 4.69) is 6.92 Å². The number of carbonyl (C=O) groups is 4. The van der Waals surface area contributed by atoms with Crippen LogP contribution >= 0.6 is 15.8 Å². The lowest BCUT2D eigenvalue weighted by Gasteiger charge is -2.59. The van der Waals surface area contributed by atoms with Crippen molar-refractivity contribution in [3.8, 4) is 0 Å². The molecule has 0 aromatic carbocycles. The van der Waals surface area contributed by atoms with Crippen molar-refractivity contribution in [3.63, 3.8) is 0 Å². The summed E-state index contributed by atoms with van der Waals surface area (Å²) in [6.45, 7) is 2.32. The predicted octanol–water partition coefficient (Wildman–Crippen LogP) is 7.90. The first kappa shape index (κ1) is 28.5. The molecule has 4 aliphatic rings. The maximum absolute atomic E-state index is 13.2. The first-order valence-electron chi connectivity index (χ1n) is 14.9. The van der Waals surface area contributed by atoms with Gasteiger partial charge in [-0.25, -0.2) is 0 Å². The zero-order chi connectivity index (χ0) is 25.7. The fraction of sp³-hybridized carbons (Fsp3) is 0.867. The molecule has 4 nitrogen and oxygen atoms in total. The van der Waals surface area contributed by atoms with Crippen LogP contribution in [0.15, 0.2) is 0 Å². The summed E-state index contributed by atoms with van der Waals surface area (Å²) < 4.78 is 0. The molecule has 4 fully saturated rings. The van der Waals surface area contributed by atoms with Crippen molar-refractivity contribution in [3.05, 3.63) is 0 Å². The Hall–Kier alpha value is -0.460. The van der Waals surface area contributed by atoms with Gasteiger partial charge in [0, 0.05) is 26.0 Å². The monoisotopic (exact) mass is 534 g/mol. The molecule has 0 atom stereocenters. The molecular weight excluding hydrogens is 486 g/mol. The van der Waals surface area contributed by atoms with Gasteiger partial charge in [0.2, 0.25) is 0 Å². The van der Waals surface area contributed by atoms with Crippen molar-refractivity contribution in [2.45, 2.75) is 161 Å². The molecule has 0 heterocycles. The molecule has 0 radical (unpaired) electrons. The van der Waals surface area contributed by atoms with Crippen LogP contribution in [0, 0.1) is 0 Å². The molecule has 0 N–H and O–H groups in total. The van der Waals surface area contributed by atoms with Gasteiger partial charge in [0.05, 0.1) is 0 Å². The normalized spacial score (nSPS) is 27.4. The van der Waals surface area contributed by atoms with Gasteiger partial charge in [0.1, 0.15) is 25.1 Å². The predicted molar refractivity (Wildman–Crippen MR) is 151 cm³/mol. The van der Waals surface area contributed by atoms with Gasteiger partial charge in [-0.1, -0.05) is 99.8 Å². The minimum atomic E-state index is -1.02. The van der Waals surface area contributed by atoms with Crippen LogP contribution in [0.4, 0.5) is 0 Å². The summed E-state index contributed by atoms with van der Waals surface area (Å²) in [5.74, 6) is 0. The Balaban J connectivity index is 1.90. The zero-order valence-electron chi connectivity index (χ0n) is 22.6.